The lowest BCUT2D eigenvalue weighted by atomic mass is 9.88. The number of nitrogens with zero attached hydrogens (tertiary/aromatic N) is 2. The molecule has 1 atom stereocenters. The normalized spacial score (nSPS) is 11.9. The van der Waals surface area contributed by atoms with Crippen LogP contribution >= 0.6 is 0 Å². The Bertz CT molecular complexity index is 973. The van der Waals surface area contributed by atoms with Crippen LogP contribution in [0.1, 0.15) is 41.8 Å². The number of carbonyl (C=O) groups excluding carboxylic acids is 2. The largest absolute Gasteiger partial charge is 0.453 e. The SMILES string of the molecule is Cc1nn(C)c(C)c1NC(=O)[C@H](C)OC(=O)CC(c1ccccc1)c1ccccc1. The third kappa shape index (κ3) is 4.95. The number of carbonyl (C=O) groups is 2. The first-order valence-electron chi connectivity index (χ1n) is 9.97. The summed E-state index contributed by atoms with van der Waals surface area (Å²) in [7, 11) is 1.81. The molecule has 0 unspecified atom stereocenters. The minimum atomic E-state index is -0.913. The third-order valence-corrected chi connectivity index (χ3v) is 5.21. The van der Waals surface area contributed by atoms with E-state index in [4.69, 9.17) is 4.74 Å². The lowest BCUT2D eigenvalue weighted by Crippen LogP contribution is -2.30. The van der Waals surface area contributed by atoms with Crippen molar-refractivity contribution in [3.8, 4) is 0 Å². The van der Waals surface area contributed by atoms with Gasteiger partial charge in [0.25, 0.3) is 5.91 Å². The van der Waals surface area contributed by atoms with Crippen molar-refractivity contribution in [1.82, 2.24) is 9.78 Å². The van der Waals surface area contributed by atoms with Crippen molar-refractivity contribution in [2.24, 2.45) is 7.05 Å². The van der Waals surface area contributed by atoms with Gasteiger partial charge in [-0.2, -0.15) is 5.10 Å². The quantitative estimate of drug-likeness (QED) is 0.600. The molecule has 0 bridgehead atoms. The maximum atomic E-state index is 12.7. The Morgan fingerprint density at radius 3 is 2.00 bits per heavy atom. The number of esters is 1. The van der Waals surface area contributed by atoms with Crippen molar-refractivity contribution >= 4 is 17.6 Å². The van der Waals surface area contributed by atoms with Crippen LogP contribution in [0.25, 0.3) is 0 Å². The van der Waals surface area contributed by atoms with Crippen LogP contribution in [0.15, 0.2) is 60.7 Å². The molecule has 0 saturated carbocycles. The fourth-order valence-corrected chi connectivity index (χ4v) is 3.44. The number of ether oxygens (including phenoxy) is 1. The van der Waals surface area contributed by atoms with Gasteiger partial charge in [-0.1, -0.05) is 60.7 Å². The summed E-state index contributed by atoms with van der Waals surface area (Å²) in [6.07, 6.45) is -0.764. The number of aromatic nitrogens is 2. The lowest BCUT2D eigenvalue weighted by molar-refractivity contribution is -0.153. The molecule has 0 saturated heterocycles. The van der Waals surface area contributed by atoms with Crippen molar-refractivity contribution in [2.75, 3.05) is 5.32 Å². The lowest BCUT2D eigenvalue weighted by Gasteiger charge is -2.19. The molecule has 0 radical (unpaired) electrons. The Labute approximate surface area is 176 Å². The van der Waals surface area contributed by atoms with Gasteiger partial charge in [-0.05, 0) is 31.9 Å². The molecule has 0 aliphatic rings. The van der Waals surface area contributed by atoms with Crippen LogP contribution in [-0.4, -0.2) is 27.8 Å². The number of benzene rings is 2. The van der Waals surface area contributed by atoms with Gasteiger partial charge in [0.1, 0.15) is 0 Å². The van der Waals surface area contributed by atoms with E-state index in [1.165, 1.54) is 0 Å². The Balaban J connectivity index is 1.68. The number of rotatable bonds is 7. The maximum absolute atomic E-state index is 12.7. The smallest absolute Gasteiger partial charge is 0.307 e. The van der Waals surface area contributed by atoms with Crippen molar-refractivity contribution in [3.05, 3.63) is 83.2 Å². The summed E-state index contributed by atoms with van der Waals surface area (Å²) in [4.78, 5) is 25.2. The van der Waals surface area contributed by atoms with Gasteiger partial charge in [0.15, 0.2) is 6.10 Å². The first-order chi connectivity index (χ1) is 14.4. The monoisotopic (exact) mass is 405 g/mol. The number of anilines is 1. The molecule has 0 aliphatic heterocycles. The van der Waals surface area contributed by atoms with Crippen molar-refractivity contribution < 1.29 is 14.3 Å². The van der Waals surface area contributed by atoms with Gasteiger partial charge in [0, 0.05) is 13.0 Å². The fraction of sp³-hybridized carbons (Fsp3) is 0.292. The van der Waals surface area contributed by atoms with Crippen molar-refractivity contribution in [2.45, 2.75) is 39.2 Å². The van der Waals surface area contributed by atoms with Gasteiger partial charge >= 0.3 is 5.97 Å². The molecule has 3 aromatic rings. The first kappa shape index (κ1) is 21.3. The number of aryl methyl sites for hydroxylation is 2. The Morgan fingerprint density at radius 2 is 1.53 bits per heavy atom. The number of nitrogens with one attached hydrogen (secondary N) is 1. The molecule has 6 nitrogen and oxygen atoms in total. The summed E-state index contributed by atoms with van der Waals surface area (Å²) < 4.78 is 7.17. The second-order valence-electron chi connectivity index (χ2n) is 7.37. The second kappa shape index (κ2) is 9.39. The van der Waals surface area contributed by atoms with Crippen molar-refractivity contribution in [3.63, 3.8) is 0 Å². The van der Waals surface area contributed by atoms with E-state index in [2.05, 4.69) is 10.4 Å². The minimum Gasteiger partial charge on any atom is -0.453 e. The molecule has 1 amide bonds. The zero-order chi connectivity index (χ0) is 21.7. The van der Waals surface area contributed by atoms with E-state index in [1.807, 2.05) is 81.6 Å². The van der Waals surface area contributed by atoms with Gasteiger partial charge < -0.3 is 10.1 Å². The van der Waals surface area contributed by atoms with Crippen LogP contribution in [0.2, 0.25) is 0 Å². The van der Waals surface area contributed by atoms with Gasteiger partial charge in [-0.3, -0.25) is 14.3 Å². The Hall–Kier alpha value is -3.41. The zero-order valence-electron chi connectivity index (χ0n) is 17.8. The topological polar surface area (TPSA) is 73.2 Å². The van der Waals surface area contributed by atoms with Crippen LogP contribution in [0, 0.1) is 13.8 Å². The van der Waals surface area contributed by atoms with Gasteiger partial charge in [0.05, 0.1) is 23.5 Å². The molecular formula is C24H27N3O3. The summed E-state index contributed by atoms with van der Waals surface area (Å²) in [5.74, 6) is -0.938. The van der Waals surface area contributed by atoms with E-state index < -0.39 is 12.1 Å². The van der Waals surface area contributed by atoms with Crippen LogP contribution in [0.4, 0.5) is 5.69 Å². The zero-order valence-corrected chi connectivity index (χ0v) is 17.8. The number of amides is 1. The van der Waals surface area contributed by atoms with Gasteiger partial charge in [-0.25, -0.2) is 0 Å². The molecule has 0 aliphatic carbocycles. The van der Waals surface area contributed by atoms with E-state index in [1.54, 1.807) is 11.6 Å². The minimum absolute atomic E-state index is 0.141. The highest BCUT2D eigenvalue weighted by Gasteiger charge is 2.24. The molecule has 1 aromatic heterocycles. The molecule has 3 rings (SSSR count). The maximum Gasteiger partial charge on any atom is 0.307 e. The highest BCUT2D eigenvalue weighted by atomic mass is 16.5. The molecule has 6 heteroatoms. The standard InChI is InChI=1S/C24H27N3O3/c1-16-23(17(2)27(4)26-16)25-24(29)18(3)30-22(28)15-21(19-11-7-5-8-12-19)20-13-9-6-10-14-20/h5-14,18,21H,15H2,1-4H3,(H,25,29)/t18-/m0/s1. The third-order valence-electron chi connectivity index (χ3n) is 5.21. The molecule has 0 fully saturated rings. The number of hydrogen-bond acceptors (Lipinski definition) is 4. The number of hydrogen-bond donors (Lipinski definition) is 1. The second-order valence-corrected chi connectivity index (χ2v) is 7.37. The molecule has 1 heterocycles. The Kier molecular flexibility index (Phi) is 6.67. The molecular weight excluding hydrogens is 378 g/mol. The van der Waals surface area contributed by atoms with Gasteiger partial charge in [-0.15, -0.1) is 0 Å². The van der Waals surface area contributed by atoms with E-state index >= 15 is 0 Å². The van der Waals surface area contributed by atoms with Crippen LogP contribution in [0.3, 0.4) is 0 Å². The average molecular weight is 405 g/mol. The summed E-state index contributed by atoms with van der Waals surface area (Å²) in [6.45, 7) is 5.27. The van der Waals surface area contributed by atoms with Crippen molar-refractivity contribution in [1.29, 1.82) is 0 Å². The molecule has 1 N–H and O–H groups in total. The van der Waals surface area contributed by atoms with Crippen LogP contribution < -0.4 is 5.32 Å². The summed E-state index contributed by atoms with van der Waals surface area (Å²) in [5.41, 5.74) is 4.26. The van der Waals surface area contributed by atoms with Crippen LogP contribution in [0.5, 0.6) is 0 Å². The van der Waals surface area contributed by atoms with Crippen LogP contribution in [-0.2, 0) is 21.4 Å². The van der Waals surface area contributed by atoms with E-state index in [-0.39, 0.29) is 18.2 Å². The summed E-state index contributed by atoms with van der Waals surface area (Å²) >= 11 is 0. The highest BCUT2D eigenvalue weighted by molar-refractivity contribution is 5.96. The molecule has 30 heavy (non-hydrogen) atoms. The highest BCUT2D eigenvalue weighted by Crippen LogP contribution is 2.28. The predicted octanol–water partition coefficient (Wildman–Crippen LogP) is 4.13. The predicted molar refractivity (Wildman–Crippen MR) is 116 cm³/mol. The summed E-state index contributed by atoms with van der Waals surface area (Å²) in [5, 5.41) is 7.11. The Morgan fingerprint density at radius 1 is 1.00 bits per heavy atom. The average Bonchev–Trinajstić information content (AvgIpc) is 2.99. The molecule has 0 spiro atoms. The van der Waals surface area contributed by atoms with E-state index in [0.29, 0.717) is 5.69 Å². The molecule has 2 aromatic carbocycles. The molecule has 156 valence electrons. The fourth-order valence-electron chi connectivity index (χ4n) is 3.44. The summed E-state index contributed by atoms with van der Waals surface area (Å²) in [6, 6.07) is 19.7. The first-order valence-corrected chi connectivity index (χ1v) is 9.97. The van der Waals surface area contributed by atoms with E-state index in [0.717, 1.165) is 22.5 Å². The van der Waals surface area contributed by atoms with Gasteiger partial charge in [0.2, 0.25) is 0 Å². The van der Waals surface area contributed by atoms with E-state index in [9.17, 15) is 9.59 Å².